The van der Waals surface area contributed by atoms with E-state index in [1.165, 1.54) is 17.0 Å². The van der Waals surface area contributed by atoms with Gasteiger partial charge in [0.05, 0.1) is 5.56 Å². The van der Waals surface area contributed by atoms with Crippen LogP contribution in [0, 0.1) is 0 Å². The molecule has 0 bridgehead atoms. The maximum Gasteiger partial charge on any atom is 0.416 e. The molecule has 0 radical (unpaired) electrons. The van der Waals surface area contributed by atoms with E-state index in [4.69, 9.17) is 0 Å². The van der Waals surface area contributed by atoms with E-state index in [1.807, 2.05) is 0 Å². The van der Waals surface area contributed by atoms with Gasteiger partial charge in [0.25, 0.3) is 0 Å². The van der Waals surface area contributed by atoms with Gasteiger partial charge >= 0.3 is 12.2 Å². The highest BCUT2D eigenvalue weighted by Gasteiger charge is 2.33. The summed E-state index contributed by atoms with van der Waals surface area (Å²) in [4.78, 5) is 25.0. The van der Waals surface area contributed by atoms with Crippen molar-refractivity contribution in [3.8, 4) is 0 Å². The topological polar surface area (TPSA) is 61.4 Å². The van der Waals surface area contributed by atoms with Crippen LogP contribution in [-0.4, -0.2) is 42.5 Å². The molecule has 132 valence electrons. The molecule has 24 heavy (non-hydrogen) atoms. The maximum atomic E-state index is 13.0. The van der Waals surface area contributed by atoms with Gasteiger partial charge in [-0.3, -0.25) is 4.79 Å². The number of amides is 3. The van der Waals surface area contributed by atoms with Crippen LogP contribution in [0.25, 0.3) is 0 Å². The molecular formula is C16H20F3N3O2. The number of benzene rings is 1. The van der Waals surface area contributed by atoms with Crippen molar-refractivity contribution in [1.82, 2.24) is 15.5 Å². The van der Waals surface area contributed by atoms with E-state index >= 15 is 0 Å². The second-order valence-corrected chi connectivity index (χ2v) is 5.80. The summed E-state index contributed by atoms with van der Waals surface area (Å²) in [7, 11) is 0. The molecule has 2 N–H and O–H groups in total. The highest BCUT2D eigenvalue weighted by molar-refractivity contribution is 5.79. The van der Waals surface area contributed by atoms with Crippen molar-refractivity contribution in [2.75, 3.05) is 19.6 Å². The number of urea groups is 1. The minimum Gasteiger partial charge on any atom is -0.354 e. The maximum absolute atomic E-state index is 13.0. The molecule has 0 aromatic heterocycles. The molecule has 1 fully saturated rings. The quantitative estimate of drug-likeness (QED) is 0.884. The molecule has 1 aromatic rings. The predicted molar refractivity (Wildman–Crippen MR) is 82.3 cm³/mol. The number of rotatable bonds is 3. The number of hydrogen-bond acceptors (Lipinski definition) is 2. The van der Waals surface area contributed by atoms with E-state index in [0.29, 0.717) is 19.6 Å². The lowest BCUT2D eigenvalue weighted by Gasteiger charge is -2.24. The normalized spacial score (nSPS) is 17.0. The van der Waals surface area contributed by atoms with E-state index < -0.39 is 17.8 Å². The monoisotopic (exact) mass is 343 g/mol. The Morgan fingerprint density at radius 2 is 2.04 bits per heavy atom. The standard InChI is InChI=1S/C16H20F3N3O2/c1-11(10-12-4-2-3-5-13(12)16(17,18)19)21-15(24)22-8-6-14(23)20-7-9-22/h2-5,11H,6-10H2,1H3,(H,20,23)(H,21,24)/t11-/m1/s1. The second kappa shape index (κ2) is 7.55. The third-order valence-corrected chi connectivity index (χ3v) is 3.82. The zero-order valence-corrected chi connectivity index (χ0v) is 13.3. The smallest absolute Gasteiger partial charge is 0.354 e. The first kappa shape index (κ1) is 18.1. The Morgan fingerprint density at radius 1 is 1.33 bits per heavy atom. The number of halogens is 3. The Balaban J connectivity index is 1.97. The summed E-state index contributed by atoms with van der Waals surface area (Å²) in [5.41, 5.74) is -0.541. The average molecular weight is 343 g/mol. The summed E-state index contributed by atoms with van der Waals surface area (Å²) in [5.74, 6) is -0.113. The molecule has 1 aliphatic heterocycles. The number of hydrogen-bond donors (Lipinski definition) is 2. The van der Waals surface area contributed by atoms with Gasteiger partial charge in [-0.2, -0.15) is 13.2 Å². The van der Waals surface area contributed by atoms with Gasteiger partial charge < -0.3 is 15.5 Å². The highest BCUT2D eigenvalue weighted by atomic mass is 19.4. The largest absolute Gasteiger partial charge is 0.416 e. The van der Waals surface area contributed by atoms with Crippen LogP contribution in [0.1, 0.15) is 24.5 Å². The van der Waals surface area contributed by atoms with Crippen LogP contribution in [0.4, 0.5) is 18.0 Å². The minimum atomic E-state index is -4.42. The summed E-state index contributed by atoms with van der Waals surface area (Å²) >= 11 is 0. The van der Waals surface area contributed by atoms with Crippen LogP contribution >= 0.6 is 0 Å². The fraction of sp³-hybridized carbons (Fsp3) is 0.500. The third kappa shape index (κ3) is 4.87. The molecule has 0 saturated carbocycles. The molecule has 5 nitrogen and oxygen atoms in total. The molecule has 1 aromatic carbocycles. The first-order valence-electron chi connectivity index (χ1n) is 7.74. The molecule has 1 saturated heterocycles. The molecule has 0 aliphatic carbocycles. The van der Waals surface area contributed by atoms with Gasteiger partial charge in [0.1, 0.15) is 0 Å². The molecule has 1 heterocycles. The van der Waals surface area contributed by atoms with Crippen molar-refractivity contribution in [3.05, 3.63) is 35.4 Å². The Bertz CT molecular complexity index is 604. The first-order chi connectivity index (χ1) is 11.3. The summed E-state index contributed by atoms with van der Waals surface area (Å²) in [6, 6.07) is 4.51. The Hall–Kier alpha value is -2.25. The van der Waals surface area contributed by atoms with Crippen molar-refractivity contribution < 1.29 is 22.8 Å². The number of alkyl halides is 3. The number of carbonyl (C=O) groups is 2. The van der Waals surface area contributed by atoms with Crippen molar-refractivity contribution >= 4 is 11.9 Å². The highest BCUT2D eigenvalue weighted by Crippen LogP contribution is 2.32. The van der Waals surface area contributed by atoms with E-state index in [2.05, 4.69) is 10.6 Å². The van der Waals surface area contributed by atoms with Crippen LogP contribution in [0.15, 0.2) is 24.3 Å². The molecule has 0 spiro atoms. The van der Waals surface area contributed by atoms with Gasteiger partial charge in [0.2, 0.25) is 5.91 Å². The van der Waals surface area contributed by atoms with E-state index in [1.54, 1.807) is 13.0 Å². The molecule has 1 atom stereocenters. The summed E-state index contributed by atoms with van der Waals surface area (Å²) < 4.78 is 39.0. The number of nitrogens with one attached hydrogen (secondary N) is 2. The predicted octanol–water partition coefficient (Wildman–Crippen LogP) is 2.17. The van der Waals surface area contributed by atoms with Crippen LogP contribution in [0.2, 0.25) is 0 Å². The third-order valence-electron chi connectivity index (χ3n) is 3.82. The molecule has 2 rings (SSSR count). The summed E-state index contributed by atoms with van der Waals surface area (Å²) in [6.07, 6.45) is -4.12. The zero-order chi connectivity index (χ0) is 17.7. The lowest BCUT2D eigenvalue weighted by molar-refractivity contribution is -0.138. The summed E-state index contributed by atoms with van der Waals surface area (Å²) in [6.45, 7) is 2.71. The van der Waals surface area contributed by atoms with Crippen molar-refractivity contribution in [2.24, 2.45) is 0 Å². The molecule has 0 unspecified atom stereocenters. The number of nitrogens with zero attached hydrogens (tertiary/aromatic N) is 1. The van der Waals surface area contributed by atoms with Gasteiger partial charge in [-0.25, -0.2) is 4.79 Å². The lowest BCUT2D eigenvalue weighted by Crippen LogP contribution is -2.45. The van der Waals surface area contributed by atoms with Crippen molar-refractivity contribution in [1.29, 1.82) is 0 Å². The average Bonchev–Trinajstić information content (AvgIpc) is 2.71. The molecule has 1 aliphatic rings. The van der Waals surface area contributed by atoms with Gasteiger partial charge in [0, 0.05) is 32.1 Å². The van der Waals surface area contributed by atoms with Gasteiger partial charge in [0.15, 0.2) is 0 Å². The molecule has 8 heteroatoms. The Morgan fingerprint density at radius 3 is 2.75 bits per heavy atom. The molecular weight excluding hydrogens is 323 g/mol. The fourth-order valence-corrected chi connectivity index (χ4v) is 2.63. The Labute approximate surface area is 138 Å². The van der Waals surface area contributed by atoms with Crippen molar-refractivity contribution in [3.63, 3.8) is 0 Å². The SMILES string of the molecule is C[C@H](Cc1ccccc1C(F)(F)F)NC(=O)N1CCNC(=O)CC1. The van der Waals surface area contributed by atoms with Crippen LogP contribution in [0.5, 0.6) is 0 Å². The van der Waals surface area contributed by atoms with Crippen LogP contribution in [0.3, 0.4) is 0 Å². The van der Waals surface area contributed by atoms with Gasteiger partial charge in [-0.05, 0) is 25.0 Å². The first-order valence-corrected chi connectivity index (χ1v) is 7.74. The van der Waals surface area contributed by atoms with E-state index in [9.17, 15) is 22.8 Å². The summed E-state index contributed by atoms with van der Waals surface area (Å²) in [5, 5.41) is 5.36. The Kier molecular flexibility index (Phi) is 5.69. The van der Waals surface area contributed by atoms with Crippen LogP contribution in [-0.2, 0) is 17.4 Å². The van der Waals surface area contributed by atoms with Crippen LogP contribution < -0.4 is 10.6 Å². The minimum absolute atomic E-state index is 0.0758. The van der Waals surface area contributed by atoms with Gasteiger partial charge in [-0.15, -0.1) is 0 Å². The van der Waals surface area contributed by atoms with E-state index in [-0.39, 0.29) is 30.3 Å². The lowest BCUT2D eigenvalue weighted by atomic mass is 10.0. The molecule has 3 amide bonds. The zero-order valence-electron chi connectivity index (χ0n) is 13.3. The van der Waals surface area contributed by atoms with Gasteiger partial charge in [-0.1, -0.05) is 18.2 Å². The van der Waals surface area contributed by atoms with E-state index in [0.717, 1.165) is 6.07 Å². The van der Waals surface area contributed by atoms with Crippen molar-refractivity contribution in [2.45, 2.75) is 32.0 Å². The second-order valence-electron chi connectivity index (χ2n) is 5.80. The fourth-order valence-electron chi connectivity index (χ4n) is 2.63. The number of carbonyl (C=O) groups excluding carboxylic acids is 2.